The predicted octanol–water partition coefficient (Wildman–Crippen LogP) is 2.78. The van der Waals surface area contributed by atoms with Crippen LogP contribution in [-0.2, 0) is 6.18 Å². The lowest BCUT2D eigenvalue weighted by molar-refractivity contribution is -0.141. The number of halogens is 3. The summed E-state index contributed by atoms with van der Waals surface area (Å²) in [5.41, 5.74) is -0.917. The fraction of sp³-hybridized carbons (Fsp3) is 0.692. The van der Waals surface area contributed by atoms with Crippen LogP contribution in [0.25, 0.3) is 0 Å². The van der Waals surface area contributed by atoms with E-state index in [1.807, 2.05) is 7.05 Å². The highest BCUT2D eigenvalue weighted by Crippen LogP contribution is 2.27. The molecule has 0 spiro atoms. The Morgan fingerprint density at radius 3 is 2.70 bits per heavy atom. The van der Waals surface area contributed by atoms with Gasteiger partial charge in [-0.2, -0.15) is 13.2 Å². The van der Waals surface area contributed by atoms with Crippen molar-refractivity contribution in [3.8, 4) is 0 Å². The van der Waals surface area contributed by atoms with E-state index in [2.05, 4.69) is 20.2 Å². The van der Waals surface area contributed by atoms with Gasteiger partial charge >= 0.3 is 6.18 Å². The fourth-order valence-corrected chi connectivity index (χ4v) is 2.47. The third kappa shape index (κ3) is 4.06. The first kappa shape index (κ1) is 15.0. The monoisotopic (exact) mass is 288 g/mol. The Bertz CT molecular complexity index is 430. The average Bonchev–Trinajstić information content (AvgIpc) is 2.92. The Kier molecular flexibility index (Phi) is 4.80. The molecule has 0 saturated heterocycles. The second-order valence-electron chi connectivity index (χ2n) is 5.11. The lowest BCUT2D eigenvalue weighted by Crippen LogP contribution is -2.33. The van der Waals surface area contributed by atoms with Gasteiger partial charge in [0.1, 0.15) is 5.69 Å². The molecule has 0 radical (unpaired) electrons. The molecule has 1 aliphatic carbocycles. The van der Waals surface area contributed by atoms with E-state index in [9.17, 15) is 13.2 Å². The maximum Gasteiger partial charge on any atom is 0.433 e. The van der Waals surface area contributed by atoms with Crippen molar-refractivity contribution in [3.05, 3.63) is 18.0 Å². The molecule has 0 atom stereocenters. The molecular formula is C13H19F3N4. The smallest absolute Gasteiger partial charge is 0.353 e. The van der Waals surface area contributed by atoms with Gasteiger partial charge in [0.2, 0.25) is 5.95 Å². The van der Waals surface area contributed by atoms with Crippen molar-refractivity contribution in [1.82, 2.24) is 14.9 Å². The summed E-state index contributed by atoms with van der Waals surface area (Å²) in [6.07, 6.45) is 1.63. The van der Waals surface area contributed by atoms with Gasteiger partial charge in [0, 0.05) is 25.3 Å². The highest BCUT2D eigenvalue weighted by molar-refractivity contribution is 5.25. The van der Waals surface area contributed by atoms with Gasteiger partial charge in [0.05, 0.1) is 0 Å². The van der Waals surface area contributed by atoms with Crippen molar-refractivity contribution in [2.24, 2.45) is 0 Å². The van der Waals surface area contributed by atoms with Gasteiger partial charge in [-0.1, -0.05) is 12.8 Å². The molecule has 1 N–H and O–H groups in total. The number of nitrogens with one attached hydrogen (secondary N) is 1. The number of rotatable bonds is 5. The first-order valence-corrected chi connectivity index (χ1v) is 6.81. The number of anilines is 1. The first-order valence-electron chi connectivity index (χ1n) is 6.81. The zero-order valence-electron chi connectivity index (χ0n) is 11.5. The van der Waals surface area contributed by atoms with E-state index in [0.29, 0.717) is 12.6 Å². The lowest BCUT2D eigenvalue weighted by atomic mass is 10.2. The van der Waals surface area contributed by atoms with E-state index in [-0.39, 0.29) is 5.95 Å². The van der Waals surface area contributed by atoms with Crippen LogP contribution in [0.2, 0.25) is 0 Å². The first-order chi connectivity index (χ1) is 9.47. The van der Waals surface area contributed by atoms with Crippen molar-refractivity contribution in [3.63, 3.8) is 0 Å². The van der Waals surface area contributed by atoms with Crippen molar-refractivity contribution in [1.29, 1.82) is 0 Å². The SMILES string of the molecule is CN(CCNc1nccc(C(F)(F)F)n1)C1CCCC1. The number of hydrogen-bond acceptors (Lipinski definition) is 4. The Hall–Kier alpha value is -1.37. The van der Waals surface area contributed by atoms with Crippen LogP contribution in [0.3, 0.4) is 0 Å². The fourth-order valence-electron chi connectivity index (χ4n) is 2.47. The van der Waals surface area contributed by atoms with E-state index in [1.54, 1.807) is 0 Å². The van der Waals surface area contributed by atoms with Gasteiger partial charge in [0.15, 0.2) is 0 Å². The lowest BCUT2D eigenvalue weighted by Gasteiger charge is -2.23. The molecule has 20 heavy (non-hydrogen) atoms. The minimum Gasteiger partial charge on any atom is -0.353 e. The van der Waals surface area contributed by atoms with Gasteiger partial charge in [-0.3, -0.25) is 0 Å². The summed E-state index contributed by atoms with van der Waals surface area (Å²) < 4.78 is 37.5. The summed E-state index contributed by atoms with van der Waals surface area (Å²) in [5, 5.41) is 2.85. The van der Waals surface area contributed by atoms with Crippen molar-refractivity contribution < 1.29 is 13.2 Å². The zero-order chi connectivity index (χ0) is 14.6. The van der Waals surface area contributed by atoms with Crippen LogP contribution in [0.4, 0.5) is 19.1 Å². The van der Waals surface area contributed by atoms with Gasteiger partial charge in [0.25, 0.3) is 0 Å². The predicted molar refractivity (Wildman–Crippen MR) is 70.4 cm³/mol. The Labute approximate surface area is 116 Å². The highest BCUT2D eigenvalue weighted by Gasteiger charge is 2.32. The number of nitrogens with zero attached hydrogens (tertiary/aromatic N) is 3. The van der Waals surface area contributed by atoms with E-state index in [0.717, 1.165) is 18.8 Å². The molecule has 1 aromatic heterocycles. The number of aromatic nitrogens is 2. The Morgan fingerprint density at radius 1 is 1.35 bits per heavy atom. The molecule has 0 aromatic carbocycles. The summed E-state index contributed by atoms with van der Waals surface area (Å²) in [5.74, 6) is 0.0275. The minimum atomic E-state index is -4.43. The maximum atomic E-state index is 12.5. The van der Waals surface area contributed by atoms with Gasteiger partial charge in [-0.15, -0.1) is 0 Å². The summed E-state index contributed by atoms with van der Waals surface area (Å²) in [7, 11) is 2.05. The molecule has 112 valence electrons. The van der Waals surface area contributed by atoms with Crippen molar-refractivity contribution in [2.75, 3.05) is 25.5 Å². The third-order valence-electron chi connectivity index (χ3n) is 3.64. The molecule has 7 heteroatoms. The summed E-state index contributed by atoms with van der Waals surface area (Å²) >= 11 is 0. The van der Waals surface area contributed by atoms with Gasteiger partial charge in [-0.05, 0) is 26.0 Å². The molecule has 2 rings (SSSR count). The van der Waals surface area contributed by atoms with Crippen LogP contribution >= 0.6 is 0 Å². The summed E-state index contributed by atoms with van der Waals surface area (Å²) in [6.45, 7) is 1.30. The van der Waals surface area contributed by atoms with Crippen LogP contribution in [-0.4, -0.2) is 41.0 Å². The molecule has 1 heterocycles. The van der Waals surface area contributed by atoms with E-state index < -0.39 is 11.9 Å². The van der Waals surface area contributed by atoms with Crippen LogP contribution in [0.5, 0.6) is 0 Å². The van der Waals surface area contributed by atoms with Crippen LogP contribution < -0.4 is 5.32 Å². The van der Waals surface area contributed by atoms with E-state index >= 15 is 0 Å². The standard InChI is InChI=1S/C13H19F3N4/c1-20(10-4-2-3-5-10)9-8-18-12-17-7-6-11(19-12)13(14,15)16/h6-7,10H,2-5,8-9H2,1H3,(H,17,18,19). The number of alkyl halides is 3. The average molecular weight is 288 g/mol. The zero-order valence-corrected chi connectivity index (χ0v) is 11.5. The third-order valence-corrected chi connectivity index (χ3v) is 3.64. The van der Waals surface area contributed by atoms with Crippen molar-refractivity contribution >= 4 is 5.95 Å². The second-order valence-corrected chi connectivity index (χ2v) is 5.11. The Morgan fingerprint density at radius 2 is 2.05 bits per heavy atom. The van der Waals surface area contributed by atoms with Crippen LogP contribution in [0, 0.1) is 0 Å². The molecule has 1 fully saturated rings. The van der Waals surface area contributed by atoms with Gasteiger partial charge in [-0.25, -0.2) is 9.97 Å². The molecule has 1 saturated carbocycles. The molecule has 0 aliphatic heterocycles. The Balaban J connectivity index is 1.82. The largest absolute Gasteiger partial charge is 0.433 e. The van der Waals surface area contributed by atoms with Crippen LogP contribution in [0.1, 0.15) is 31.4 Å². The molecule has 0 unspecified atom stereocenters. The highest BCUT2D eigenvalue weighted by atomic mass is 19.4. The molecule has 1 aromatic rings. The quantitative estimate of drug-likeness (QED) is 0.904. The van der Waals surface area contributed by atoms with E-state index in [4.69, 9.17) is 0 Å². The molecule has 0 bridgehead atoms. The molecule has 4 nitrogen and oxygen atoms in total. The van der Waals surface area contributed by atoms with Crippen molar-refractivity contribution in [2.45, 2.75) is 37.9 Å². The summed E-state index contributed by atoms with van der Waals surface area (Å²) in [4.78, 5) is 9.52. The normalized spacial score (nSPS) is 16.9. The number of likely N-dealkylation sites (N-methyl/N-ethyl adjacent to an activating group) is 1. The number of hydrogen-bond donors (Lipinski definition) is 1. The molecule has 0 amide bonds. The molecule has 1 aliphatic rings. The molecular weight excluding hydrogens is 269 g/mol. The minimum absolute atomic E-state index is 0.0275. The second kappa shape index (κ2) is 6.39. The van der Waals surface area contributed by atoms with Crippen LogP contribution in [0.15, 0.2) is 12.3 Å². The summed E-state index contributed by atoms with van der Waals surface area (Å²) in [6, 6.07) is 1.47. The van der Waals surface area contributed by atoms with Gasteiger partial charge < -0.3 is 10.2 Å². The maximum absolute atomic E-state index is 12.5. The topological polar surface area (TPSA) is 41.0 Å². The van der Waals surface area contributed by atoms with E-state index in [1.165, 1.54) is 25.7 Å².